The lowest BCUT2D eigenvalue weighted by atomic mass is 10.0. The first-order valence-corrected chi connectivity index (χ1v) is 4.68. The highest BCUT2D eigenvalue weighted by atomic mass is 16.5. The van der Waals surface area contributed by atoms with Crippen molar-refractivity contribution in [2.75, 3.05) is 20.8 Å². The third-order valence-electron chi connectivity index (χ3n) is 2.14. The Morgan fingerprint density at radius 2 is 2.00 bits per heavy atom. The first kappa shape index (κ1) is 12.0. The summed E-state index contributed by atoms with van der Waals surface area (Å²) in [5, 5.41) is 19.3. The monoisotopic (exact) mass is 212 g/mol. The maximum Gasteiger partial charge on any atom is 0.119 e. The van der Waals surface area contributed by atoms with Crippen molar-refractivity contribution in [2.45, 2.75) is 12.2 Å². The summed E-state index contributed by atoms with van der Waals surface area (Å²) in [6, 6.07) is 6.95. The molecular formula is C11H16O4. The lowest BCUT2D eigenvalue weighted by molar-refractivity contribution is -0.0273. The molecule has 2 unspecified atom stereocenters. The van der Waals surface area contributed by atoms with Crippen LogP contribution in [0.15, 0.2) is 24.3 Å². The highest BCUT2D eigenvalue weighted by Crippen LogP contribution is 2.21. The van der Waals surface area contributed by atoms with Gasteiger partial charge in [-0.2, -0.15) is 0 Å². The Kier molecular flexibility index (Phi) is 4.55. The number of benzene rings is 1. The molecule has 1 rings (SSSR count). The molecule has 0 saturated carbocycles. The molecule has 0 radical (unpaired) electrons. The first-order valence-electron chi connectivity index (χ1n) is 4.68. The minimum atomic E-state index is -0.958. The standard InChI is InChI=1S/C11H16O4/c1-14-7-10(12)11(13)8-4-3-5-9(6-8)15-2/h3-6,10-13H,7H2,1-2H3. The number of rotatable bonds is 5. The molecule has 4 heteroatoms. The Morgan fingerprint density at radius 3 is 2.60 bits per heavy atom. The van der Waals surface area contributed by atoms with E-state index in [0.717, 1.165) is 0 Å². The fourth-order valence-electron chi connectivity index (χ4n) is 1.31. The molecule has 0 aromatic heterocycles. The summed E-state index contributed by atoms with van der Waals surface area (Å²) in [6.07, 6.45) is -1.89. The molecule has 0 aliphatic carbocycles. The molecule has 2 N–H and O–H groups in total. The minimum Gasteiger partial charge on any atom is -0.497 e. The average Bonchev–Trinajstić information content (AvgIpc) is 2.28. The van der Waals surface area contributed by atoms with Gasteiger partial charge in [0.25, 0.3) is 0 Å². The van der Waals surface area contributed by atoms with Crippen LogP contribution in [-0.2, 0) is 4.74 Å². The van der Waals surface area contributed by atoms with Crippen LogP contribution in [0.2, 0.25) is 0 Å². The summed E-state index contributed by atoms with van der Waals surface area (Å²) >= 11 is 0. The van der Waals surface area contributed by atoms with Gasteiger partial charge in [-0.05, 0) is 17.7 Å². The fourth-order valence-corrected chi connectivity index (χ4v) is 1.31. The predicted octanol–water partition coefficient (Wildman–Crippen LogP) is 0.736. The van der Waals surface area contributed by atoms with Gasteiger partial charge in [-0.15, -0.1) is 0 Å². The van der Waals surface area contributed by atoms with Gasteiger partial charge in [-0.3, -0.25) is 0 Å². The quantitative estimate of drug-likeness (QED) is 0.755. The summed E-state index contributed by atoms with van der Waals surface area (Å²) in [5.74, 6) is 0.649. The van der Waals surface area contributed by atoms with E-state index in [0.29, 0.717) is 11.3 Å². The number of aliphatic hydroxyl groups excluding tert-OH is 2. The maximum absolute atomic E-state index is 9.75. The molecule has 0 aliphatic heterocycles. The van der Waals surface area contributed by atoms with Gasteiger partial charge < -0.3 is 19.7 Å². The van der Waals surface area contributed by atoms with Crippen LogP contribution < -0.4 is 4.74 Å². The van der Waals surface area contributed by atoms with Crippen molar-refractivity contribution < 1.29 is 19.7 Å². The van der Waals surface area contributed by atoms with Crippen molar-refractivity contribution >= 4 is 0 Å². The molecule has 0 aliphatic rings. The lowest BCUT2D eigenvalue weighted by Crippen LogP contribution is -2.23. The molecule has 1 aromatic rings. The molecule has 0 saturated heterocycles. The van der Waals surface area contributed by atoms with E-state index in [1.54, 1.807) is 31.4 Å². The van der Waals surface area contributed by atoms with Crippen molar-refractivity contribution in [1.82, 2.24) is 0 Å². The number of hydrogen-bond acceptors (Lipinski definition) is 4. The maximum atomic E-state index is 9.75. The summed E-state index contributed by atoms with van der Waals surface area (Å²) in [6.45, 7) is 0.0956. The van der Waals surface area contributed by atoms with E-state index in [2.05, 4.69) is 0 Å². The van der Waals surface area contributed by atoms with Crippen LogP contribution in [0.1, 0.15) is 11.7 Å². The van der Waals surface area contributed by atoms with Crippen molar-refractivity contribution in [3.63, 3.8) is 0 Å². The molecule has 2 atom stereocenters. The first-order chi connectivity index (χ1) is 7.19. The number of hydrogen-bond donors (Lipinski definition) is 2. The van der Waals surface area contributed by atoms with E-state index in [1.807, 2.05) is 0 Å². The van der Waals surface area contributed by atoms with Crippen LogP contribution in [0.4, 0.5) is 0 Å². The second kappa shape index (κ2) is 5.70. The van der Waals surface area contributed by atoms with E-state index in [-0.39, 0.29) is 6.61 Å². The highest BCUT2D eigenvalue weighted by Gasteiger charge is 2.18. The van der Waals surface area contributed by atoms with Gasteiger partial charge >= 0.3 is 0 Å². The van der Waals surface area contributed by atoms with Gasteiger partial charge in [-0.1, -0.05) is 12.1 Å². The molecule has 0 fully saturated rings. The molecule has 15 heavy (non-hydrogen) atoms. The molecule has 1 aromatic carbocycles. The zero-order valence-electron chi connectivity index (χ0n) is 8.88. The highest BCUT2D eigenvalue weighted by molar-refractivity contribution is 5.30. The SMILES string of the molecule is COCC(O)C(O)c1cccc(OC)c1. The number of methoxy groups -OCH3 is 2. The molecular weight excluding hydrogens is 196 g/mol. The topological polar surface area (TPSA) is 58.9 Å². The van der Waals surface area contributed by atoms with Gasteiger partial charge in [0.2, 0.25) is 0 Å². The summed E-state index contributed by atoms with van der Waals surface area (Å²) < 4.78 is 9.78. The third-order valence-corrected chi connectivity index (χ3v) is 2.14. The van der Waals surface area contributed by atoms with E-state index in [4.69, 9.17) is 9.47 Å². The van der Waals surface area contributed by atoms with Gasteiger partial charge in [0, 0.05) is 7.11 Å². The summed E-state index contributed by atoms with van der Waals surface area (Å²) in [4.78, 5) is 0. The molecule has 0 bridgehead atoms. The van der Waals surface area contributed by atoms with Gasteiger partial charge in [-0.25, -0.2) is 0 Å². The zero-order valence-corrected chi connectivity index (χ0v) is 8.88. The van der Waals surface area contributed by atoms with E-state index in [9.17, 15) is 10.2 Å². The van der Waals surface area contributed by atoms with Crippen molar-refractivity contribution in [2.24, 2.45) is 0 Å². The van der Waals surface area contributed by atoms with E-state index >= 15 is 0 Å². The Morgan fingerprint density at radius 1 is 1.27 bits per heavy atom. The van der Waals surface area contributed by atoms with Crippen molar-refractivity contribution in [1.29, 1.82) is 0 Å². The van der Waals surface area contributed by atoms with Crippen LogP contribution in [0.25, 0.3) is 0 Å². The normalized spacial score (nSPS) is 14.7. The van der Waals surface area contributed by atoms with Crippen molar-refractivity contribution in [3.8, 4) is 5.75 Å². The summed E-state index contributed by atoms with van der Waals surface area (Å²) in [5.41, 5.74) is 0.610. The third kappa shape index (κ3) is 3.20. The van der Waals surface area contributed by atoms with Gasteiger partial charge in [0.1, 0.15) is 18.0 Å². The Bertz CT molecular complexity index is 300. The lowest BCUT2D eigenvalue weighted by Gasteiger charge is -2.17. The molecule has 0 heterocycles. The Balaban J connectivity index is 2.76. The van der Waals surface area contributed by atoms with Crippen LogP contribution in [0.5, 0.6) is 5.75 Å². The molecule has 84 valence electrons. The van der Waals surface area contributed by atoms with Crippen LogP contribution in [0, 0.1) is 0 Å². The molecule has 4 nitrogen and oxygen atoms in total. The van der Waals surface area contributed by atoms with E-state index < -0.39 is 12.2 Å². The zero-order chi connectivity index (χ0) is 11.3. The van der Waals surface area contributed by atoms with Crippen LogP contribution >= 0.6 is 0 Å². The Hall–Kier alpha value is -1.10. The number of ether oxygens (including phenoxy) is 2. The second-order valence-electron chi connectivity index (χ2n) is 3.24. The predicted molar refractivity (Wildman–Crippen MR) is 55.8 cm³/mol. The summed E-state index contributed by atoms with van der Waals surface area (Å²) in [7, 11) is 3.03. The largest absolute Gasteiger partial charge is 0.497 e. The minimum absolute atomic E-state index is 0.0956. The van der Waals surface area contributed by atoms with Gasteiger partial charge in [0.05, 0.1) is 13.7 Å². The van der Waals surface area contributed by atoms with Crippen molar-refractivity contribution in [3.05, 3.63) is 29.8 Å². The van der Waals surface area contributed by atoms with Gasteiger partial charge in [0.15, 0.2) is 0 Å². The van der Waals surface area contributed by atoms with Crippen LogP contribution in [0.3, 0.4) is 0 Å². The van der Waals surface area contributed by atoms with E-state index in [1.165, 1.54) is 7.11 Å². The number of aliphatic hydroxyl groups is 2. The molecule has 0 amide bonds. The average molecular weight is 212 g/mol. The fraction of sp³-hybridized carbons (Fsp3) is 0.455. The smallest absolute Gasteiger partial charge is 0.119 e. The Labute approximate surface area is 89.1 Å². The second-order valence-corrected chi connectivity index (χ2v) is 3.24. The van der Waals surface area contributed by atoms with Crippen LogP contribution in [-0.4, -0.2) is 37.1 Å². The molecule has 0 spiro atoms.